The van der Waals surface area contributed by atoms with Crippen LogP contribution in [0.1, 0.15) is 13.8 Å². The molecule has 5 nitrogen and oxygen atoms in total. The first-order valence-electron chi connectivity index (χ1n) is 6.50. The number of carbonyl (C=O) groups is 1. The predicted octanol–water partition coefficient (Wildman–Crippen LogP) is 4.40. The van der Waals surface area contributed by atoms with Crippen LogP contribution in [0.5, 0.6) is 0 Å². The van der Waals surface area contributed by atoms with Crippen LogP contribution in [-0.4, -0.2) is 27.9 Å². The maximum absolute atomic E-state index is 12.2. The highest BCUT2D eigenvalue weighted by atomic mass is 35.5. The molecule has 1 unspecified atom stereocenters. The van der Waals surface area contributed by atoms with Crippen molar-refractivity contribution in [1.29, 1.82) is 0 Å². The number of hydrogen-bond acceptors (Lipinski definition) is 6. The number of benzene rings is 1. The summed E-state index contributed by atoms with van der Waals surface area (Å²) in [5, 5.41) is 15.0. The molecule has 0 fully saturated rings. The molecule has 0 spiro atoms. The number of aromatic nitrogens is 2. The highest BCUT2D eigenvalue weighted by molar-refractivity contribution is 8.02. The van der Waals surface area contributed by atoms with Crippen LogP contribution in [0, 0.1) is 0 Å². The van der Waals surface area contributed by atoms with Gasteiger partial charge in [0.25, 0.3) is 0 Å². The van der Waals surface area contributed by atoms with Crippen molar-refractivity contribution in [3.05, 3.63) is 28.2 Å². The number of thioether (sulfide) groups is 1. The van der Waals surface area contributed by atoms with Gasteiger partial charge < -0.3 is 10.6 Å². The van der Waals surface area contributed by atoms with Crippen LogP contribution in [0.15, 0.2) is 22.5 Å². The van der Waals surface area contributed by atoms with Crippen LogP contribution in [0.2, 0.25) is 10.0 Å². The quantitative estimate of drug-likeness (QED) is 0.731. The summed E-state index contributed by atoms with van der Waals surface area (Å²) < 4.78 is 0.732. The van der Waals surface area contributed by atoms with Crippen molar-refractivity contribution < 1.29 is 4.79 Å². The SMILES string of the molecule is CCNc1nnc(SC(C)C(=O)Nc2cccc(Cl)c2Cl)s1. The van der Waals surface area contributed by atoms with Crippen molar-refractivity contribution in [3.8, 4) is 0 Å². The Morgan fingerprint density at radius 1 is 1.41 bits per heavy atom. The Balaban J connectivity index is 1.98. The molecule has 9 heteroatoms. The zero-order chi connectivity index (χ0) is 16.1. The third kappa shape index (κ3) is 4.49. The minimum Gasteiger partial charge on any atom is -0.360 e. The van der Waals surface area contributed by atoms with Gasteiger partial charge in [0.05, 0.1) is 21.0 Å². The van der Waals surface area contributed by atoms with E-state index in [0.29, 0.717) is 15.7 Å². The first kappa shape index (κ1) is 17.3. The average Bonchev–Trinajstić information content (AvgIpc) is 2.91. The summed E-state index contributed by atoms with van der Waals surface area (Å²) in [6, 6.07) is 5.11. The smallest absolute Gasteiger partial charge is 0.237 e. The first-order valence-corrected chi connectivity index (χ1v) is 8.95. The zero-order valence-electron chi connectivity index (χ0n) is 11.9. The molecule has 1 atom stereocenters. The third-order valence-electron chi connectivity index (χ3n) is 2.59. The minimum absolute atomic E-state index is 0.172. The largest absolute Gasteiger partial charge is 0.360 e. The molecule has 1 aromatic heterocycles. The van der Waals surface area contributed by atoms with Gasteiger partial charge in [-0.05, 0) is 26.0 Å². The van der Waals surface area contributed by atoms with E-state index < -0.39 is 0 Å². The Morgan fingerprint density at radius 3 is 2.91 bits per heavy atom. The van der Waals surface area contributed by atoms with E-state index >= 15 is 0 Å². The van der Waals surface area contributed by atoms with Gasteiger partial charge in [-0.15, -0.1) is 10.2 Å². The molecule has 22 heavy (non-hydrogen) atoms. The molecule has 1 heterocycles. The maximum atomic E-state index is 12.2. The van der Waals surface area contributed by atoms with E-state index in [0.717, 1.165) is 16.0 Å². The Kier molecular flexibility index (Phi) is 6.31. The number of nitrogens with one attached hydrogen (secondary N) is 2. The number of carbonyl (C=O) groups excluding carboxylic acids is 1. The molecule has 0 saturated carbocycles. The lowest BCUT2D eigenvalue weighted by Crippen LogP contribution is -2.22. The van der Waals surface area contributed by atoms with Crippen molar-refractivity contribution in [2.45, 2.75) is 23.4 Å². The van der Waals surface area contributed by atoms with Crippen molar-refractivity contribution in [3.63, 3.8) is 0 Å². The number of rotatable bonds is 6. The summed E-state index contributed by atoms with van der Waals surface area (Å²) in [7, 11) is 0. The molecule has 2 aromatic rings. The van der Waals surface area contributed by atoms with E-state index in [2.05, 4.69) is 20.8 Å². The van der Waals surface area contributed by atoms with Crippen molar-refractivity contribution >= 4 is 63.0 Å². The van der Waals surface area contributed by atoms with Crippen molar-refractivity contribution in [2.24, 2.45) is 0 Å². The number of hydrogen-bond donors (Lipinski definition) is 2. The third-order valence-corrected chi connectivity index (χ3v) is 5.47. The Hall–Kier alpha value is -1.02. The highest BCUT2D eigenvalue weighted by Crippen LogP contribution is 2.32. The Bertz CT molecular complexity index is 665. The van der Waals surface area contributed by atoms with E-state index in [1.54, 1.807) is 25.1 Å². The van der Waals surface area contributed by atoms with E-state index in [1.165, 1.54) is 23.1 Å². The summed E-state index contributed by atoms with van der Waals surface area (Å²) in [5.74, 6) is -0.172. The summed E-state index contributed by atoms with van der Waals surface area (Å²) in [5.41, 5.74) is 0.497. The molecule has 1 amide bonds. The molecule has 1 aromatic carbocycles. The fourth-order valence-electron chi connectivity index (χ4n) is 1.52. The van der Waals surface area contributed by atoms with Crippen molar-refractivity contribution in [2.75, 3.05) is 17.2 Å². The lowest BCUT2D eigenvalue weighted by atomic mass is 10.3. The van der Waals surface area contributed by atoms with Gasteiger partial charge in [-0.25, -0.2) is 0 Å². The van der Waals surface area contributed by atoms with E-state index in [4.69, 9.17) is 23.2 Å². The van der Waals surface area contributed by atoms with E-state index in [-0.39, 0.29) is 11.2 Å². The van der Waals surface area contributed by atoms with Gasteiger partial charge >= 0.3 is 0 Å². The summed E-state index contributed by atoms with van der Waals surface area (Å²) in [4.78, 5) is 12.2. The predicted molar refractivity (Wildman–Crippen MR) is 94.5 cm³/mol. The number of halogens is 2. The average molecular weight is 377 g/mol. The molecule has 0 aliphatic rings. The van der Waals surface area contributed by atoms with Gasteiger partial charge in [0, 0.05) is 6.54 Å². The van der Waals surface area contributed by atoms with Gasteiger partial charge in [0.1, 0.15) is 0 Å². The van der Waals surface area contributed by atoms with Gasteiger partial charge in [-0.1, -0.05) is 52.4 Å². The number of nitrogens with zero attached hydrogens (tertiary/aromatic N) is 2. The van der Waals surface area contributed by atoms with Crippen LogP contribution in [0.25, 0.3) is 0 Å². The lowest BCUT2D eigenvalue weighted by molar-refractivity contribution is -0.115. The summed E-state index contributed by atoms with van der Waals surface area (Å²) >= 11 is 14.7. The van der Waals surface area contributed by atoms with Gasteiger partial charge in [0.15, 0.2) is 4.34 Å². The summed E-state index contributed by atoms with van der Waals surface area (Å²) in [6.07, 6.45) is 0. The second-order valence-corrected chi connectivity index (χ2v) is 7.60. The molecule has 2 rings (SSSR count). The second-order valence-electron chi connectivity index (χ2n) is 4.25. The van der Waals surface area contributed by atoms with E-state index in [9.17, 15) is 4.79 Å². The highest BCUT2D eigenvalue weighted by Gasteiger charge is 2.18. The number of amides is 1. The van der Waals surface area contributed by atoms with E-state index in [1.807, 2.05) is 6.92 Å². The van der Waals surface area contributed by atoms with Crippen LogP contribution in [0.4, 0.5) is 10.8 Å². The topological polar surface area (TPSA) is 66.9 Å². The molecule has 2 N–H and O–H groups in total. The van der Waals surface area contributed by atoms with Crippen LogP contribution in [0.3, 0.4) is 0 Å². The fraction of sp³-hybridized carbons (Fsp3) is 0.308. The van der Waals surface area contributed by atoms with Gasteiger partial charge in [-0.3, -0.25) is 4.79 Å². The van der Waals surface area contributed by atoms with Crippen LogP contribution < -0.4 is 10.6 Å². The Labute approximate surface area is 146 Å². The number of anilines is 2. The standard InChI is InChI=1S/C13H14Cl2N4OS2/c1-3-16-12-18-19-13(22-12)21-7(2)11(20)17-9-6-4-5-8(14)10(9)15/h4-7H,3H2,1-2H3,(H,16,18)(H,17,20). The maximum Gasteiger partial charge on any atom is 0.237 e. The lowest BCUT2D eigenvalue weighted by Gasteiger charge is -2.11. The van der Waals surface area contributed by atoms with Crippen LogP contribution >= 0.6 is 46.3 Å². The molecular formula is C13H14Cl2N4OS2. The fourth-order valence-corrected chi connectivity index (χ4v) is 3.83. The molecular weight excluding hydrogens is 363 g/mol. The summed E-state index contributed by atoms with van der Waals surface area (Å²) in [6.45, 7) is 4.56. The van der Waals surface area contributed by atoms with Crippen LogP contribution in [-0.2, 0) is 4.79 Å². The molecule has 0 aliphatic heterocycles. The molecule has 0 saturated heterocycles. The normalized spacial score (nSPS) is 12.0. The minimum atomic E-state index is -0.336. The molecule has 118 valence electrons. The van der Waals surface area contributed by atoms with Gasteiger partial charge in [0.2, 0.25) is 11.0 Å². The molecule has 0 aliphatic carbocycles. The first-order chi connectivity index (χ1) is 10.5. The second kappa shape index (κ2) is 8.01. The molecule has 0 bridgehead atoms. The molecule has 0 radical (unpaired) electrons. The monoisotopic (exact) mass is 376 g/mol. The van der Waals surface area contributed by atoms with Gasteiger partial charge in [-0.2, -0.15) is 0 Å². The van der Waals surface area contributed by atoms with Crippen molar-refractivity contribution in [1.82, 2.24) is 10.2 Å². The zero-order valence-corrected chi connectivity index (χ0v) is 15.0. The Morgan fingerprint density at radius 2 is 2.18 bits per heavy atom.